The highest BCUT2D eigenvalue weighted by molar-refractivity contribution is 6.42. The molecule has 5 nitrogen and oxygen atoms in total. The van der Waals surface area contributed by atoms with Crippen LogP contribution in [-0.2, 0) is 6.54 Å². The number of aromatic carboxylic acids is 1. The lowest BCUT2D eigenvalue weighted by atomic mass is 10.2. The van der Waals surface area contributed by atoms with Gasteiger partial charge in [-0.15, -0.1) is 0 Å². The van der Waals surface area contributed by atoms with Crippen molar-refractivity contribution in [2.75, 3.05) is 0 Å². The quantitative estimate of drug-likeness (QED) is 0.920. The van der Waals surface area contributed by atoms with Gasteiger partial charge >= 0.3 is 5.97 Å². The molecule has 1 N–H and O–H groups in total. The van der Waals surface area contributed by atoms with E-state index < -0.39 is 17.2 Å². The van der Waals surface area contributed by atoms with Gasteiger partial charge in [0.05, 0.1) is 21.1 Å². The molecule has 0 amide bonds. The molecular formula is C11H8Cl2N2O3. The van der Waals surface area contributed by atoms with Crippen molar-refractivity contribution >= 4 is 40.2 Å². The Balaban J connectivity index is 2.97. The molecule has 0 bridgehead atoms. The van der Waals surface area contributed by atoms with E-state index >= 15 is 0 Å². The average molecular weight is 287 g/mol. The molecule has 2 rings (SSSR count). The molecule has 7 heteroatoms. The summed E-state index contributed by atoms with van der Waals surface area (Å²) in [6.45, 7) is 2.05. The molecule has 0 aliphatic carbocycles. The zero-order valence-electron chi connectivity index (χ0n) is 9.28. The first kappa shape index (κ1) is 12.9. The molecule has 0 unspecified atom stereocenters. The third-order valence-corrected chi connectivity index (χ3v) is 3.23. The van der Waals surface area contributed by atoms with Gasteiger partial charge in [0.1, 0.15) is 0 Å². The van der Waals surface area contributed by atoms with Crippen LogP contribution in [-0.4, -0.2) is 20.6 Å². The number of halogens is 2. The van der Waals surface area contributed by atoms with E-state index in [1.54, 1.807) is 6.92 Å². The molecule has 0 radical (unpaired) electrons. The Hall–Kier alpha value is -1.59. The van der Waals surface area contributed by atoms with Crippen LogP contribution in [0.5, 0.6) is 0 Å². The van der Waals surface area contributed by atoms with Gasteiger partial charge < -0.3 is 9.67 Å². The van der Waals surface area contributed by atoms with Crippen LogP contribution in [0.4, 0.5) is 0 Å². The highest BCUT2D eigenvalue weighted by Gasteiger charge is 2.16. The number of rotatable bonds is 2. The molecule has 0 fully saturated rings. The second-order valence-corrected chi connectivity index (χ2v) is 4.38. The number of carboxylic acids is 1. The molecule has 0 saturated heterocycles. The molecular weight excluding hydrogens is 279 g/mol. The summed E-state index contributed by atoms with van der Waals surface area (Å²) >= 11 is 11.7. The largest absolute Gasteiger partial charge is 0.476 e. The normalized spacial score (nSPS) is 10.8. The number of benzene rings is 1. The Morgan fingerprint density at radius 2 is 2.00 bits per heavy atom. The van der Waals surface area contributed by atoms with E-state index in [1.165, 1.54) is 16.7 Å². The summed E-state index contributed by atoms with van der Waals surface area (Å²) in [5.41, 5.74) is -0.399. The second kappa shape index (κ2) is 4.59. The van der Waals surface area contributed by atoms with Gasteiger partial charge in [-0.2, -0.15) is 0 Å². The number of aryl methyl sites for hydroxylation is 1. The smallest absolute Gasteiger partial charge is 0.360 e. The Labute approximate surface area is 112 Å². The molecule has 1 aromatic carbocycles. The van der Waals surface area contributed by atoms with E-state index in [-0.39, 0.29) is 10.0 Å². The van der Waals surface area contributed by atoms with E-state index in [1.807, 2.05) is 0 Å². The van der Waals surface area contributed by atoms with Crippen LogP contribution < -0.4 is 5.56 Å². The van der Waals surface area contributed by atoms with Crippen LogP contribution in [0, 0.1) is 0 Å². The highest BCUT2D eigenvalue weighted by atomic mass is 35.5. The number of hydrogen-bond donors (Lipinski definition) is 1. The highest BCUT2D eigenvalue weighted by Crippen LogP contribution is 2.26. The fraction of sp³-hybridized carbons (Fsp3) is 0.182. The van der Waals surface area contributed by atoms with Crippen molar-refractivity contribution in [2.45, 2.75) is 13.5 Å². The van der Waals surface area contributed by atoms with E-state index in [9.17, 15) is 9.59 Å². The standard InChI is InChI=1S/C11H8Cl2N2O3/c1-2-15-8-4-6(13)5(12)3-7(8)14-9(10(15)16)11(17)18/h3-4H,2H2,1H3,(H,17,18). The summed E-state index contributed by atoms with van der Waals surface area (Å²) in [5, 5.41) is 9.48. The predicted molar refractivity (Wildman–Crippen MR) is 68.7 cm³/mol. The van der Waals surface area contributed by atoms with Crippen molar-refractivity contribution in [2.24, 2.45) is 0 Å². The maximum Gasteiger partial charge on any atom is 0.360 e. The number of hydrogen-bond acceptors (Lipinski definition) is 3. The first-order valence-electron chi connectivity index (χ1n) is 5.08. The SMILES string of the molecule is CCn1c(=O)c(C(=O)O)nc2cc(Cl)c(Cl)cc21. The van der Waals surface area contributed by atoms with Crippen molar-refractivity contribution in [3.05, 3.63) is 38.2 Å². The van der Waals surface area contributed by atoms with E-state index in [4.69, 9.17) is 28.3 Å². The fourth-order valence-corrected chi connectivity index (χ4v) is 2.01. The summed E-state index contributed by atoms with van der Waals surface area (Å²) in [6.07, 6.45) is 0. The molecule has 2 aromatic rings. The van der Waals surface area contributed by atoms with E-state index in [0.29, 0.717) is 17.6 Å². The summed E-state index contributed by atoms with van der Waals surface area (Å²) < 4.78 is 1.30. The number of fused-ring (bicyclic) bond motifs is 1. The molecule has 1 heterocycles. The Kier molecular flexibility index (Phi) is 3.28. The lowest BCUT2D eigenvalue weighted by molar-refractivity contribution is 0.0688. The minimum Gasteiger partial charge on any atom is -0.476 e. The number of carbonyl (C=O) groups is 1. The second-order valence-electron chi connectivity index (χ2n) is 3.57. The fourth-order valence-electron chi connectivity index (χ4n) is 1.69. The number of carboxylic acid groups (broad SMARTS) is 1. The van der Waals surface area contributed by atoms with Gasteiger partial charge in [-0.3, -0.25) is 4.79 Å². The number of aromatic nitrogens is 2. The van der Waals surface area contributed by atoms with Crippen LogP contribution in [0.15, 0.2) is 16.9 Å². The van der Waals surface area contributed by atoms with Crippen LogP contribution in [0.2, 0.25) is 10.0 Å². The molecule has 0 aliphatic rings. The van der Waals surface area contributed by atoms with Gasteiger partial charge in [0, 0.05) is 6.54 Å². The summed E-state index contributed by atoms with van der Waals surface area (Å²) in [6, 6.07) is 2.94. The van der Waals surface area contributed by atoms with Crippen LogP contribution >= 0.6 is 23.2 Å². The Morgan fingerprint density at radius 1 is 1.39 bits per heavy atom. The van der Waals surface area contributed by atoms with Crippen LogP contribution in [0.3, 0.4) is 0 Å². The van der Waals surface area contributed by atoms with Crippen LogP contribution in [0.25, 0.3) is 11.0 Å². The molecule has 0 spiro atoms. The first-order valence-corrected chi connectivity index (χ1v) is 5.84. The molecule has 0 saturated carbocycles. The first-order chi connectivity index (χ1) is 8.45. The maximum atomic E-state index is 11.9. The van der Waals surface area contributed by atoms with Crippen molar-refractivity contribution in [3.63, 3.8) is 0 Å². The zero-order valence-corrected chi connectivity index (χ0v) is 10.8. The van der Waals surface area contributed by atoms with Crippen molar-refractivity contribution in [1.82, 2.24) is 9.55 Å². The summed E-state index contributed by atoms with van der Waals surface area (Å²) in [5.74, 6) is -1.37. The lowest BCUT2D eigenvalue weighted by Gasteiger charge is -2.09. The van der Waals surface area contributed by atoms with Gasteiger partial charge in [0.25, 0.3) is 5.56 Å². The van der Waals surface area contributed by atoms with Gasteiger partial charge in [-0.25, -0.2) is 9.78 Å². The van der Waals surface area contributed by atoms with Gasteiger partial charge in [-0.05, 0) is 19.1 Å². The summed E-state index contributed by atoms with van der Waals surface area (Å²) in [7, 11) is 0. The summed E-state index contributed by atoms with van der Waals surface area (Å²) in [4.78, 5) is 26.7. The van der Waals surface area contributed by atoms with Gasteiger partial charge in [0.2, 0.25) is 5.69 Å². The molecule has 94 valence electrons. The lowest BCUT2D eigenvalue weighted by Crippen LogP contribution is -2.28. The maximum absolute atomic E-state index is 11.9. The minimum absolute atomic E-state index is 0.259. The zero-order chi connectivity index (χ0) is 13.4. The average Bonchev–Trinajstić information content (AvgIpc) is 2.30. The Morgan fingerprint density at radius 3 is 2.56 bits per heavy atom. The molecule has 1 aromatic heterocycles. The van der Waals surface area contributed by atoms with Gasteiger partial charge in [0.15, 0.2) is 0 Å². The predicted octanol–water partition coefficient (Wildman–Crippen LogP) is 2.42. The monoisotopic (exact) mass is 286 g/mol. The van der Waals surface area contributed by atoms with Crippen molar-refractivity contribution in [1.29, 1.82) is 0 Å². The van der Waals surface area contributed by atoms with Gasteiger partial charge in [-0.1, -0.05) is 23.2 Å². The van der Waals surface area contributed by atoms with Crippen LogP contribution in [0.1, 0.15) is 17.4 Å². The molecule has 0 atom stereocenters. The van der Waals surface area contributed by atoms with Crippen molar-refractivity contribution in [3.8, 4) is 0 Å². The number of nitrogens with zero attached hydrogens (tertiary/aromatic N) is 2. The van der Waals surface area contributed by atoms with E-state index in [0.717, 1.165) is 0 Å². The third kappa shape index (κ3) is 1.95. The third-order valence-electron chi connectivity index (χ3n) is 2.51. The molecule has 0 aliphatic heterocycles. The van der Waals surface area contributed by atoms with E-state index in [2.05, 4.69) is 4.98 Å². The molecule has 18 heavy (non-hydrogen) atoms. The minimum atomic E-state index is -1.37. The topological polar surface area (TPSA) is 72.2 Å². The van der Waals surface area contributed by atoms with Crippen molar-refractivity contribution < 1.29 is 9.90 Å². The Bertz CT molecular complexity index is 709.